The van der Waals surface area contributed by atoms with Gasteiger partial charge in [0, 0.05) is 5.39 Å². The van der Waals surface area contributed by atoms with E-state index in [4.69, 9.17) is 14.2 Å². The molecule has 1 aromatic heterocycles. The molecule has 1 aromatic carbocycles. The van der Waals surface area contributed by atoms with Crippen molar-refractivity contribution in [3.8, 4) is 5.75 Å². The van der Waals surface area contributed by atoms with Crippen LogP contribution in [0.15, 0.2) is 24.3 Å². The average molecular weight is 303 g/mol. The largest absolute Gasteiger partial charge is 0.494 e. The van der Waals surface area contributed by atoms with Crippen molar-refractivity contribution in [1.82, 2.24) is 4.98 Å². The molecule has 0 bridgehead atoms. The third-order valence-corrected chi connectivity index (χ3v) is 3.00. The topological polar surface area (TPSA) is 74.7 Å². The minimum atomic E-state index is -0.596. The SMILES string of the molecule is CCOC(=O)c1cc(C(=O)OCC)c2cccc(OC)c2n1. The molecule has 0 N–H and O–H groups in total. The highest BCUT2D eigenvalue weighted by atomic mass is 16.5. The van der Waals surface area contributed by atoms with E-state index < -0.39 is 11.9 Å². The molecule has 6 heteroatoms. The molecule has 6 nitrogen and oxygen atoms in total. The van der Waals surface area contributed by atoms with Crippen molar-refractivity contribution in [2.24, 2.45) is 0 Å². The van der Waals surface area contributed by atoms with Crippen LogP contribution in [-0.4, -0.2) is 37.2 Å². The molecule has 2 aromatic rings. The maximum absolute atomic E-state index is 12.1. The van der Waals surface area contributed by atoms with Crippen LogP contribution in [0.4, 0.5) is 0 Å². The van der Waals surface area contributed by atoms with Gasteiger partial charge in [0.2, 0.25) is 0 Å². The molecule has 0 spiro atoms. The summed E-state index contributed by atoms with van der Waals surface area (Å²) >= 11 is 0. The maximum atomic E-state index is 12.1. The zero-order valence-corrected chi connectivity index (χ0v) is 12.7. The molecule has 2 rings (SSSR count). The minimum Gasteiger partial charge on any atom is -0.494 e. The number of esters is 2. The fourth-order valence-corrected chi connectivity index (χ4v) is 2.07. The summed E-state index contributed by atoms with van der Waals surface area (Å²) in [4.78, 5) is 28.4. The number of fused-ring (bicyclic) bond motifs is 1. The van der Waals surface area contributed by atoms with E-state index in [2.05, 4.69) is 4.98 Å². The van der Waals surface area contributed by atoms with Gasteiger partial charge in [0.1, 0.15) is 17.0 Å². The number of carbonyl (C=O) groups excluding carboxylic acids is 2. The molecule has 0 aliphatic rings. The van der Waals surface area contributed by atoms with Crippen molar-refractivity contribution in [3.63, 3.8) is 0 Å². The highest BCUT2D eigenvalue weighted by molar-refractivity contribution is 6.07. The van der Waals surface area contributed by atoms with Crippen molar-refractivity contribution in [2.75, 3.05) is 20.3 Å². The van der Waals surface area contributed by atoms with Crippen LogP contribution in [0.3, 0.4) is 0 Å². The summed E-state index contributed by atoms with van der Waals surface area (Å²) in [5, 5.41) is 0.561. The van der Waals surface area contributed by atoms with Crippen molar-refractivity contribution < 1.29 is 23.8 Å². The number of pyridine rings is 1. The Morgan fingerprint density at radius 3 is 2.41 bits per heavy atom. The monoisotopic (exact) mass is 303 g/mol. The molecule has 22 heavy (non-hydrogen) atoms. The Balaban J connectivity index is 2.69. The highest BCUT2D eigenvalue weighted by Crippen LogP contribution is 2.27. The van der Waals surface area contributed by atoms with Gasteiger partial charge in [-0.05, 0) is 26.0 Å². The Labute approximate surface area is 128 Å². The van der Waals surface area contributed by atoms with Crippen molar-refractivity contribution >= 4 is 22.8 Å². The Kier molecular flexibility index (Phi) is 4.93. The Morgan fingerprint density at radius 2 is 1.77 bits per heavy atom. The van der Waals surface area contributed by atoms with Crippen LogP contribution in [0.1, 0.15) is 34.7 Å². The Morgan fingerprint density at radius 1 is 1.09 bits per heavy atom. The molecule has 0 aliphatic heterocycles. The van der Waals surface area contributed by atoms with Crippen molar-refractivity contribution in [1.29, 1.82) is 0 Å². The summed E-state index contributed by atoms with van der Waals surface area (Å²) in [5.41, 5.74) is 0.717. The summed E-state index contributed by atoms with van der Waals surface area (Å²) in [6, 6.07) is 6.57. The zero-order chi connectivity index (χ0) is 16.1. The van der Waals surface area contributed by atoms with Gasteiger partial charge >= 0.3 is 11.9 Å². The van der Waals surface area contributed by atoms with Crippen LogP contribution in [0.2, 0.25) is 0 Å². The molecule has 0 aliphatic carbocycles. The quantitative estimate of drug-likeness (QED) is 0.790. The fourth-order valence-electron chi connectivity index (χ4n) is 2.07. The molecule has 1 heterocycles. The van der Waals surface area contributed by atoms with Gasteiger partial charge in [-0.1, -0.05) is 12.1 Å². The minimum absolute atomic E-state index is 0.0434. The smallest absolute Gasteiger partial charge is 0.356 e. The molecule has 116 valence electrons. The van der Waals surface area contributed by atoms with Crippen LogP contribution in [-0.2, 0) is 9.47 Å². The lowest BCUT2D eigenvalue weighted by Crippen LogP contribution is -2.12. The number of ether oxygens (including phenoxy) is 3. The molecule has 0 amide bonds. The number of methoxy groups -OCH3 is 1. The molecular formula is C16H17NO5. The first-order valence-electron chi connectivity index (χ1n) is 6.94. The van der Waals surface area contributed by atoms with Gasteiger partial charge in [0.25, 0.3) is 0 Å². The van der Waals surface area contributed by atoms with E-state index in [0.29, 0.717) is 16.7 Å². The summed E-state index contributed by atoms with van der Waals surface area (Å²) < 4.78 is 15.2. The van der Waals surface area contributed by atoms with Gasteiger partial charge in [0.15, 0.2) is 0 Å². The van der Waals surface area contributed by atoms with Gasteiger partial charge in [-0.2, -0.15) is 0 Å². The lowest BCUT2D eigenvalue weighted by atomic mass is 10.1. The van der Waals surface area contributed by atoms with E-state index in [1.165, 1.54) is 13.2 Å². The second-order valence-corrected chi connectivity index (χ2v) is 4.35. The molecule has 0 atom stereocenters. The van der Waals surface area contributed by atoms with Crippen LogP contribution in [0.5, 0.6) is 5.75 Å². The summed E-state index contributed by atoms with van der Waals surface area (Å²) in [6.07, 6.45) is 0. The molecule has 0 saturated heterocycles. The lowest BCUT2D eigenvalue weighted by molar-refractivity contribution is 0.0519. The second kappa shape index (κ2) is 6.89. The lowest BCUT2D eigenvalue weighted by Gasteiger charge is -2.11. The Bertz CT molecular complexity index is 711. The van der Waals surface area contributed by atoms with Gasteiger partial charge < -0.3 is 14.2 Å². The second-order valence-electron chi connectivity index (χ2n) is 4.35. The van der Waals surface area contributed by atoms with Gasteiger partial charge in [-0.3, -0.25) is 0 Å². The molecule has 0 radical (unpaired) electrons. The van der Waals surface area contributed by atoms with Gasteiger partial charge in [0.05, 0.1) is 25.9 Å². The first-order valence-corrected chi connectivity index (χ1v) is 6.94. The van der Waals surface area contributed by atoms with Crippen LogP contribution in [0.25, 0.3) is 10.9 Å². The van der Waals surface area contributed by atoms with E-state index >= 15 is 0 Å². The molecular weight excluding hydrogens is 286 g/mol. The number of aromatic nitrogens is 1. The van der Waals surface area contributed by atoms with Gasteiger partial charge in [-0.15, -0.1) is 0 Å². The molecule has 0 fully saturated rings. The molecule has 0 unspecified atom stereocenters. The third kappa shape index (κ3) is 3.00. The van der Waals surface area contributed by atoms with Gasteiger partial charge in [-0.25, -0.2) is 14.6 Å². The average Bonchev–Trinajstić information content (AvgIpc) is 2.53. The number of hydrogen-bond acceptors (Lipinski definition) is 6. The predicted octanol–water partition coefficient (Wildman–Crippen LogP) is 2.60. The number of carbonyl (C=O) groups is 2. The van der Waals surface area contributed by atoms with Crippen LogP contribution in [0, 0.1) is 0 Å². The van der Waals surface area contributed by atoms with Crippen molar-refractivity contribution in [3.05, 3.63) is 35.5 Å². The summed E-state index contributed by atoms with van der Waals surface area (Å²) in [6.45, 7) is 3.88. The number of para-hydroxylation sites is 1. The number of nitrogens with zero attached hydrogens (tertiary/aromatic N) is 1. The van der Waals surface area contributed by atoms with E-state index in [1.807, 2.05) is 0 Å². The van der Waals surface area contributed by atoms with E-state index in [0.717, 1.165) is 0 Å². The van der Waals surface area contributed by atoms with E-state index in [9.17, 15) is 9.59 Å². The number of benzene rings is 1. The predicted molar refractivity (Wildman–Crippen MR) is 80.2 cm³/mol. The number of hydrogen-bond donors (Lipinski definition) is 0. The highest BCUT2D eigenvalue weighted by Gasteiger charge is 2.19. The summed E-state index contributed by atoms with van der Waals surface area (Å²) in [7, 11) is 1.50. The maximum Gasteiger partial charge on any atom is 0.356 e. The van der Waals surface area contributed by atoms with Crippen LogP contribution >= 0.6 is 0 Å². The Hall–Kier alpha value is -2.63. The van der Waals surface area contributed by atoms with Crippen molar-refractivity contribution in [2.45, 2.75) is 13.8 Å². The van der Waals surface area contributed by atoms with Crippen LogP contribution < -0.4 is 4.74 Å². The van der Waals surface area contributed by atoms with E-state index in [1.54, 1.807) is 32.0 Å². The molecule has 0 saturated carbocycles. The number of rotatable bonds is 5. The first-order chi connectivity index (χ1) is 10.6. The normalized spacial score (nSPS) is 10.3. The summed E-state index contributed by atoms with van der Waals surface area (Å²) in [5.74, 6) is -0.649. The van der Waals surface area contributed by atoms with E-state index in [-0.39, 0.29) is 24.5 Å². The third-order valence-electron chi connectivity index (χ3n) is 3.00. The standard InChI is InChI=1S/C16H17NO5/c1-4-21-15(18)11-9-12(16(19)22-5-2)17-14-10(11)7-6-8-13(14)20-3/h6-9H,4-5H2,1-3H3. The first kappa shape index (κ1) is 15.8. The zero-order valence-electron chi connectivity index (χ0n) is 12.7. The fraction of sp³-hybridized carbons (Fsp3) is 0.312.